The minimum atomic E-state index is 0.0543. The summed E-state index contributed by atoms with van der Waals surface area (Å²) in [6.45, 7) is 8.85. The fraction of sp³-hybridized carbons (Fsp3) is 1.00. The van der Waals surface area contributed by atoms with Crippen molar-refractivity contribution in [3.63, 3.8) is 0 Å². The molecule has 0 aliphatic carbocycles. The van der Waals surface area contributed by atoms with Gasteiger partial charge < -0.3 is 15.4 Å². The Morgan fingerprint density at radius 2 is 2.17 bits per heavy atom. The lowest BCUT2D eigenvalue weighted by atomic mass is 9.92. The van der Waals surface area contributed by atoms with Crippen molar-refractivity contribution < 1.29 is 4.74 Å². The molecular formula is C15H30N2O. The molecule has 18 heavy (non-hydrogen) atoms. The van der Waals surface area contributed by atoms with Gasteiger partial charge in [0.15, 0.2) is 0 Å². The summed E-state index contributed by atoms with van der Waals surface area (Å²) in [5.74, 6) is 0. The maximum atomic E-state index is 5.77. The topological polar surface area (TPSA) is 33.3 Å². The summed E-state index contributed by atoms with van der Waals surface area (Å²) in [7, 11) is 0. The van der Waals surface area contributed by atoms with Gasteiger partial charge in [-0.1, -0.05) is 6.42 Å². The van der Waals surface area contributed by atoms with E-state index in [1.54, 1.807) is 0 Å². The molecule has 2 aliphatic rings. The molecule has 0 aromatic carbocycles. The predicted molar refractivity (Wildman–Crippen MR) is 75.9 cm³/mol. The van der Waals surface area contributed by atoms with Crippen LogP contribution in [-0.4, -0.2) is 36.9 Å². The maximum absolute atomic E-state index is 5.77. The third-order valence-electron chi connectivity index (χ3n) is 4.27. The van der Waals surface area contributed by atoms with Gasteiger partial charge in [0.05, 0.1) is 5.60 Å². The molecule has 0 spiro atoms. The lowest BCUT2D eigenvalue weighted by Gasteiger charge is -2.38. The van der Waals surface area contributed by atoms with Crippen molar-refractivity contribution in [2.45, 2.75) is 83.0 Å². The van der Waals surface area contributed by atoms with Crippen LogP contribution in [0.4, 0.5) is 0 Å². The highest BCUT2D eigenvalue weighted by molar-refractivity contribution is 4.86. The van der Waals surface area contributed by atoms with Crippen LogP contribution in [0.5, 0.6) is 0 Å². The molecular weight excluding hydrogens is 224 g/mol. The number of nitrogens with one attached hydrogen (secondary N) is 2. The Balaban J connectivity index is 1.71. The highest BCUT2D eigenvalue weighted by atomic mass is 16.5. The average molecular weight is 254 g/mol. The second kappa shape index (κ2) is 6.36. The molecule has 3 heteroatoms. The molecule has 2 N–H and O–H groups in total. The van der Waals surface area contributed by atoms with Gasteiger partial charge in [0.2, 0.25) is 0 Å². The fourth-order valence-corrected chi connectivity index (χ4v) is 3.40. The fourth-order valence-electron chi connectivity index (χ4n) is 3.40. The van der Waals surface area contributed by atoms with Gasteiger partial charge in [-0.25, -0.2) is 0 Å². The third kappa shape index (κ3) is 4.52. The molecule has 0 aromatic heterocycles. The van der Waals surface area contributed by atoms with E-state index >= 15 is 0 Å². The molecule has 0 saturated carbocycles. The van der Waals surface area contributed by atoms with E-state index in [1.165, 1.54) is 32.2 Å². The number of rotatable bonds is 4. The largest absolute Gasteiger partial charge is 0.375 e. The van der Waals surface area contributed by atoms with Gasteiger partial charge in [0.25, 0.3) is 0 Å². The molecule has 2 rings (SSSR count). The van der Waals surface area contributed by atoms with Crippen molar-refractivity contribution >= 4 is 0 Å². The van der Waals surface area contributed by atoms with Crippen molar-refractivity contribution in [2.24, 2.45) is 0 Å². The van der Waals surface area contributed by atoms with Crippen molar-refractivity contribution in [3.8, 4) is 0 Å². The first kappa shape index (κ1) is 14.3. The van der Waals surface area contributed by atoms with E-state index in [0.717, 1.165) is 25.5 Å². The van der Waals surface area contributed by atoms with Gasteiger partial charge >= 0.3 is 0 Å². The molecule has 3 nitrogen and oxygen atoms in total. The van der Waals surface area contributed by atoms with Crippen molar-refractivity contribution in [1.29, 1.82) is 0 Å². The predicted octanol–water partition coefficient (Wildman–Crippen LogP) is 2.45. The van der Waals surface area contributed by atoms with Crippen LogP contribution in [0.15, 0.2) is 0 Å². The molecule has 0 bridgehead atoms. The summed E-state index contributed by atoms with van der Waals surface area (Å²) in [6.07, 6.45) is 7.66. The van der Waals surface area contributed by atoms with E-state index in [9.17, 15) is 0 Å². The quantitative estimate of drug-likeness (QED) is 0.808. The smallest absolute Gasteiger partial charge is 0.0641 e. The monoisotopic (exact) mass is 254 g/mol. The Labute approximate surface area is 112 Å². The van der Waals surface area contributed by atoms with Crippen molar-refractivity contribution in [2.75, 3.05) is 13.2 Å². The van der Waals surface area contributed by atoms with Crippen LogP contribution in [-0.2, 0) is 4.74 Å². The Kier molecular flexibility index (Phi) is 5.05. The van der Waals surface area contributed by atoms with E-state index in [-0.39, 0.29) is 5.60 Å². The van der Waals surface area contributed by atoms with Gasteiger partial charge in [0, 0.05) is 24.7 Å². The molecule has 2 fully saturated rings. The van der Waals surface area contributed by atoms with Gasteiger partial charge in [-0.15, -0.1) is 0 Å². The molecule has 106 valence electrons. The number of ether oxygens (including phenoxy) is 1. The highest BCUT2D eigenvalue weighted by Crippen LogP contribution is 2.24. The third-order valence-corrected chi connectivity index (χ3v) is 4.27. The molecule has 3 unspecified atom stereocenters. The standard InChI is InChI=1S/C15H30N2O/c1-12(10-13-6-4-5-8-16-13)17-14-7-9-18-15(2,3)11-14/h12-14,16-17H,4-11H2,1-3H3. The van der Waals surface area contributed by atoms with Crippen LogP contribution in [0, 0.1) is 0 Å². The Hall–Kier alpha value is -0.120. The summed E-state index contributed by atoms with van der Waals surface area (Å²) in [4.78, 5) is 0. The van der Waals surface area contributed by atoms with E-state index in [4.69, 9.17) is 4.74 Å². The van der Waals surface area contributed by atoms with Crippen LogP contribution in [0.25, 0.3) is 0 Å². The number of hydrogen-bond donors (Lipinski definition) is 2. The normalized spacial score (nSPS) is 34.2. The Morgan fingerprint density at radius 3 is 2.83 bits per heavy atom. The van der Waals surface area contributed by atoms with Gasteiger partial charge in [-0.05, 0) is 59.4 Å². The van der Waals surface area contributed by atoms with Crippen molar-refractivity contribution in [3.05, 3.63) is 0 Å². The second-order valence-electron chi connectivity index (χ2n) is 6.75. The van der Waals surface area contributed by atoms with Gasteiger partial charge in [0.1, 0.15) is 0 Å². The molecule has 0 amide bonds. The average Bonchev–Trinajstić information content (AvgIpc) is 2.28. The molecule has 0 radical (unpaired) electrons. The highest BCUT2D eigenvalue weighted by Gasteiger charge is 2.29. The summed E-state index contributed by atoms with van der Waals surface area (Å²) in [5.41, 5.74) is 0.0543. The molecule has 2 saturated heterocycles. The van der Waals surface area contributed by atoms with Crippen molar-refractivity contribution in [1.82, 2.24) is 10.6 Å². The zero-order valence-electron chi connectivity index (χ0n) is 12.3. The zero-order valence-corrected chi connectivity index (χ0v) is 12.3. The van der Waals surface area contributed by atoms with Crippen LogP contribution in [0.3, 0.4) is 0 Å². The Morgan fingerprint density at radius 1 is 1.33 bits per heavy atom. The van der Waals surface area contributed by atoms with E-state index in [1.807, 2.05) is 0 Å². The second-order valence-corrected chi connectivity index (χ2v) is 6.75. The molecule has 0 aromatic rings. The Bertz CT molecular complexity index is 249. The molecule has 3 atom stereocenters. The van der Waals surface area contributed by atoms with Crippen LogP contribution >= 0.6 is 0 Å². The van der Waals surface area contributed by atoms with E-state index < -0.39 is 0 Å². The lowest BCUT2D eigenvalue weighted by molar-refractivity contribution is -0.0641. The van der Waals surface area contributed by atoms with Gasteiger partial charge in [-0.2, -0.15) is 0 Å². The van der Waals surface area contributed by atoms with Gasteiger partial charge in [-0.3, -0.25) is 0 Å². The molecule has 2 aliphatic heterocycles. The summed E-state index contributed by atoms with van der Waals surface area (Å²) < 4.78 is 5.77. The van der Waals surface area contributed by atoms with Crippen LogP contribution in [0.2, 0.25) is 0 Å². The minimum absolute atomic E-state index is 0.0543. The first-order chi connectivity index (χ1) is 8.55. The minimum Gasteiger partial charge on any atom is -0.375 e. The van der Waals surface area contributed by atoms with E-state index in [0.29, 0.717) is 12.1 Å². The van der Waals surface area contributed by atoms with E-state index in [2.05, 4.69) is 31.4 Å². The SMILES string of the molecule is CC(CC1CCCCN1)NC1CCOC(C)(C)C1. The number of piperidine rings is 1. The zero-order chi connectivity index (χ0) is 13.0. The summed E-state index contributed by atoms with van der Waals surface area (Å²) in [6, 6.07) is 1.97. The number of hydrogen-bond acceptors (Lipinski definition) is 3. The first-order valence-electron chi connectivity index (χ1n) is 7.68. The van der Waals surface area contributed by atoms with Crippen LogP contribution in [0.1, 0.15) is 59.3 Å². The van der Waals surface area contributed by atoms with Crippen LogP contribution < -0.4 is 10.6 Å². The maximum Gasteiger partial charge on any atom is 0.0641 e. The lowest BCUT2D eigenvalue weighted by Crippen LogP contribution is -2.48. The molecule has 2 heterocycles. The summed E-state index contributed by atoms with van der Waals surface area (Å²) in [5, 5.41) is 7.44. The first-order valence-corrected chi connectivity index (χ1v) is 7.68. The summed E-state index contributed by atoms with van der Waals surface area (Å²) >= 11 is 0.